The number of pyridine rings is 1. The van der Waals surface area contributed by atoms with Crippen molar-refractivity contribution in [2.24, 2.45) is 5.41 Å². The van der Waals surface area contributed by atoms with Crippen LogP contribution in [0.3, 0.4) is 0 Å². The standard InChI is InChI=1S/C21H28N2O/c24-16-14-21(12-6-2-7-13-21)17-23-20(18-9-3-1-4-10-18)19-11-5-8-15-22-19/h1,3-5,8-11,15,20,23-24H,2,6-7,12-14,16-17H2. The summed E-state index contributed by atoms with van der Waals surface area (Å²) in [4.78, 5) is 4.58. The van der Waals surface area contributed by atoms with Crippen LogP contribution in [0.4, 0.5) is 0 Å². The van der Waals surface area contributed by atoms with Crippen LogP contribution in [0.25, 0.3) is 0 Å². The van der Waals surface area contributed by atoms with E-state index >= 15 is 0 Å². The molecule has 0 radical (unpaired) electrons. The zero-order valence-corrected chi connectivity index (χ0v) is 14.3. The molecule has 1 atom stereocenters. The minimum absolute atomic E-state index is 0.102. The number of hydrogen-bond donors (Lipinski definition) is 2. The summed E-state index contributed by atoms with van der Waals surface area (Å²) in [6.07, 6.45) is 9.06. The molecule has 0 saturated heterocycles. The Morgan fingerprint density at radius 1 is 1.00 bits per heavy atom. The van der Waals surface area contributed by atoms with Gasteiger partial charge in [0.2, 0.25) is 0 Å². The lowest BCUT2D eigenvalue weighted by Crippen LogP contribution is -2.39. The summed E-state index contributed by atoms with van der Waals surface area (Å²) in [5.41, 5.74) is 2.53. The van der Waals surface area contributed by atoms with Crippen molar-refractivity contribution in [3.63, 3.8) is 0 Å². The molecule has 1 unspecified atom stereocenters. The van der Waals surface area contributed by atoms with Gasteiger partial charge in [-0.25, -0.2) is 0 Å². The lowest BCUT2D eigenvalue weighted by Gasteiger charge is -2.38. The second kappa shape index (κ2) is 8.41. The largest absolute Gasteiger partial charge is 0.396 e. The molecule has 24 heavy (non-hydrogen) atoms. The zero-order chi connectivity index (χ0) is 16.7. The Bertz CT molecular complexity index is 549. The molecule has 1 fully saturated rings. The first-order chi connectivity index (χ1) is 11.8. The summed E-state index contributed by atoms with van der Waals surface area (Å²) in [6, 6.07) is 16.7. The number of benzene rings is 1. The van der Waals surface area contributed by atoms with E-state index in [1.165, 1.54) is 37.7 Å². The normalized spacial score (nSPS) is 18.2. The van der Waals surface area contributed by atoms with Crippen molar-refractivity contribution in [2.45, 2.75) is 44.6 Å². The van der Waals surface area contributed by atoms with Crippen molar-refractivity contribution >= 4 is 0 Å². The SMILES string of the molecule is OCCC1(CNC(c2ccccc2)c2ccccn2)CCCCC1. The lowest BCUT2D eigenvalue weighted by atomic mass is 9.71. The van der Waals surface area contributed by atoms with E-state index in [0.717, 1.165) is 18.7 Å². The van der Waals surface area contributed by atoms with Gasteiger partial charge < -0.3 is 10.4 Å². The van der Waals surface area contributed by atoms with Crippen molar-refractivity contribution in [3.05, 3.63) is 66.0 Å². The lowest BCUT2D eigenvalue weighted by molar-refractivity contribution is 0.124. The molecule has 1 aromatic heterocycles. The van der Waals surface area contributed by atoms with E-state index in [-0.39, 0.29) is 18.1 Å². The number of nitrogens with one attached hydrogen (secondary N) is 1. The Balaban J connectivity index is 1.79. The number of aliphatic hydroxyl groups excluding tert-OH is 1. The van der Waals surface area contributed by atoms with E-state index < -0.39 is 0 Å². The van der Waals surface area contributed by atoms with E-state index in [4.69, 9.17) is 0 Å². The highest BCUT2D eigenvalue weighted by molar-refractivity contribution is 5.27. The highest BCUT2D eigenvalue weighted by Crippen LogP contribution is 2.39. The fourth-order valence-electron chi connectivity index (χ4n) is 3.96. The maximum atomic E-state index is 9.54. The maximum absolute atomic E-state index is 9.54. The number of rotatable bonds is 7. The highest BCUT2D eigenvalue weighted by atomic mass is 16.3. The van der Waals surface area contributed by atoms with Crippen molar-refractivity contribution in [3.8, 4) is 0 Å². The van der Waals surface area contributed by atoms with Crippen molar-refractivity contribution in [1.82, 2.24) is 10.3 Å². The first kappa shape index (κ1) is 17.1. The Kier molecular flexibility index (Phi) is 6.00. The van der Waals surface area contributed by atoms with Gasteiger partial charge in [-0.15, -0.1) is 0 Å². The van der Waals surface area contributed by atoms with Crippen molar-refractivity contribution in [2.75, 3.05) is 13.2 Å². The van der Waals surface area contributed by atoms with Gasteiger partial charge in [0.15, 0.2) is 0 Å². The summed E-state index contributed by atoms with van der Waals surface area (Å²) in [6.45, 7) is 1.21. The number of aromatic nitrogens is 1. The molecular weight excluding hydrogens is 296 g/mol. The van der Waals surface area contributed by atoms with E-state index in [2.05, 4.69) is 40.6 Å². The van der Waals surface area contributed by atoms with E-state index in [1.54, 1.807) is 0 Å². The van der Waals surface area contributed by atoms with Gasteiger partial charge in [-0.2, -0.15) is 0 Å². The molecule has 1 heterocycles. The summed E-state index contributed by atoms with van der Waals surface area (Å²) in [5.74, 6) is 0. The molecule has 1 aliphatic carbocycles. The Hall–Kier alpha value is -1.71. The van der Waals surface area contributed by atoms with Gasteiger partial charge in [0.1, 0.15) is 0 Å². The summed E-state index contributed by atoms with van der Waals surface area (Å²) >= 11 is 0. The number of aliphatic hydroxyl groups is 1. The molecule has 128 valence electrons. The van der Waals surface area contributed by atoms with Crippen LogP contribution in [0, 0.1) is 5.41 Å². The summed E-state index contributed by atoms with van der Waals surface area (Å²) in [7, 11) is 0. The number of nitrogens with zero attached hydrogens (tertiary/aromatic N) is 1. The smallest absolute Gasteiger partial charge is 0.0751 e. The van der Waals surface area contributed by atoms with Crippen LogP contribution < -0.4 is 5.32 Å². The van der Waals surface area contributed by atoms with Crippen LogP contribution in [0.5, 0.6) is 0 Å². The molecule has 1 aromatic carbocycles. The van der Waals surface area contributed by atoms with Gasteiger partial charge >= 0.3 is 0 Å². The monoisotopic (exact) mass is 324 g/mol. The first-order valence-electron chi connectivity index (χ1n) is 9.13. The molecule has 3 heteroatoms. The van der Waals surface area contributed by atoms with Gasteiger partial charge in [-0.3, -0.25) is 4.98 Å². The Morgan fingerprint density at radius 2 is 1.75 bits per heavy atom. The Morgan fingerprint density at radius 3 is 2.42 bits per heavy atom. The van der Waals surface area contributed by atoms with Gasteiger partial charge in [0.05, 0.1) is 11.7 Å². The second-order valence-corrected chi connectivity index (χ2v) is 7.01. The topological polar surface area (TPSA) is 45.1 Å². The molecule has 3 nitrogen and oxygen atoms in total. The van der Waals surface area contributed by atoms with E-state index in [9.17, 15) is 5.11 Å². The molecular formula is C21H28N2O. The quantitative estimate of drug-likeness (QED) is 0.806. The average molecular weight is 324 g/mol. The minimum atomic E-state index is 0.102. The third-order valence-corrected chi connectivity index (χ3v) is 5.35. The summed E-state index contributed by atoms with van der Waals surface area (Å²) < 4.78 is 0. The van der Waals surface area contributed by atoms with Crippen molar-refractivity contribution < 1.29 is 5.11 Å². The van der Waals surface area contributed by atoms with Crippen LogP contribution in [-0.4, -0.2) is 23.2 Å². The molecule has 1 aliphatic rings. The maximum Gasteiger partial charge on any atom is 0.0751 e. The van der Waals surface area contributed by atoms with Gasteiger partial charge in [-0.05, 0) is 42.4 Å². The van der Waals surface area contributed by atoms with Crippen LogP contribution >= 0.6 is 0 Å². The van der Waals surface area contributed by atoms with Crippen LogP contribution in [0.1, 0.15) is 55.8 Å². The molecule has 0 aliphatic heterocycles. The fourth-order valence-corrected chi connectivity index (χ4v) is 3.96. The molecule has 0 bridgehead atoms. The third kappa shape index (κ3) is 4.22. The summed E-state index contributed by atoms with van der Waals surface area (Å²) in [5, 5.41) is 13.3. The fraction of sp³-hybridized carbons (Fsp3) is 0.476. The minimum Gasteiger partial charge on any atom is -0.396 e. The van der Waals surface area contributed by atoms with Gasteiger partial charge in [0.25, 0.3) is 0 Å². The van der Waals surface area contributed by atoms with Crippen LogP contribution in [-0.2, 0) is 0 Å². The molecule has 3 rings (SSSR count). The average Bonchev–Trinajstić information content (AvgIpc) is 2.65. The van der Waals surface area contributed by atoms with Gasteiger partial charge in [-0.1, -0.05) is 55.7 Å². The zero-order valence-electron chi connectivity index (χ0n) is 14.3. The molecule has 1 saturated carbocycles. The molecule has 0 spiro atoms. The van der Waals surface area contributed by atoms with Crippen LogP contribution in [0.2, 0.25) is 0 Å². The predicted molar refractivity (Wildman–Crippen MR) is 97.7 cm³/mol. The number of hydrogen-bond acceptors (Lipinski definition) is 3. The molecule has 2 aromatic rings. The van der Waals surface area contributed by atoms with Crippen LogP contribution in [0.15, 0.2) is 54.7 Å². The molecule has 2 N–H and O–H groups in total. The predicted octanol–water partition coefficient (Wildman–Crippen LogP) is 4.09. The highest BCUT2D eigenvalue weighted by Gasteiger charge is 2.32. The second-order valence-electron chi connectivity index (χ2n) is 7.01. The van der Waals surface area contributed by atoms with Crippen molar-refractivity contribution in [1.29, 1.82) is 0 Å². The van der Waals surface area contributed by atoms with Gasteiger partial charge in [0, 0.05) is 19.3 Å². The first-order valence-corrected chi connectivity index (χ1v) is 9.13. The third-order valence-electron chi connectivity index (χ3n) is 5.35. The van der Waals surface area contributed by atoms with E-state index in [1.807, 2.05) is 24.4 Å². The van der Waals surface area contributed by atoms with E-state index in [0.29, 0.717) is 0 Å². The molecule has 0 amide bonds. The Labute approximate surface area is 145 Å².